The molecule has 0 aromatic heterocycles. The summed E-state index contributed by atoms with van der Waals surface area (Å²) in [7, 11) is -3.45. The Morgan fingerprint density at radius 1 is 1.38 bits per heavy atom. The number of carbonyl (C=O) groups is 1. The molecule has 0 aromatic rings. The Morgan fingerprint density at radius 3 is 2.86 bits per heavy atom. The van der Waals surface area contributed by atoms with E-state index in [4.69, 9.17) is 4.74 Å². The minimum Gasteiger partial charge on any atom is -0.466 e. The van der Waals surface area contributed by atoms with Gasteiger partial charge in [0.1, 0.15) is 0 Å². The molecule has 122 valence electrons. The molecule has 1 saturated carbocycles. The Kier molecular flexibility index (Phi) is 5.27. The summed E-state index contributed by atoms with van der Waals surface area (Å²) >= 11 is 0. The van der Waals surface area contributed by atoms with E-state index in [9.17, 15) is 18.3 Å². The first-order valence-electron chi connectivity index (χ1n) is 7.73. The number of rotatable bonds is 5. The van der Waals surface area contributed by atoms with Crippen LogP contribution in [0.5, 0.6) is 0 Å². The molecular weight excluding hydrogens is 294 g/mol. The average molecular weight is 319 g/mol. The van der Waals surface area contributed by atoms with Gasteiger partial charge in [-0.3, -0.25) is 4.79 Å². The maximum Gasteiger partial charge on any atom is 0.306 e. The van der Waals surface area contributed by atoms with Crippen LogP contribution in [0.25, 0.3) is 0 Å². The first-order chi connectivity index (χ1) is 9.87. The second-order valence-corrected chi connectivity index (χ2v) is 8.11. The molecule has 2 atom stereocenters. The van der Waals surface area contributed by atoms with E-state index in [1.54, 1.807) is 6.92 Å². The average Bonchev–Trinajstić information content (AvgIpc) is 2.44. The minimum atomic E-state index is -3.45. The smallest absolute Gasteiger partial charge is 0.306 e. The standard InChI is InChI=1S/C14H25NO5S/c1-2-20-13(16)6-10-21(18,19)15-9-8-14(17)7-4-3-5-12(14)11-15/h12,17H,2-11H2,1H3. The highest BCUT2D eigenvalue weighted by Gasteiger charge is 2.45. The van der Waals surface area contributed by atoms with Crippen LogP contribution in [0.2, 0.25) is 0 Å². The third kappa shape index (κ3) is 3.96. The van der Waals surface area contributed by atoms with Crippen molar-refractivity contribution in [1.82, 2.24) is 4.31 Å². The lowest BCUT2D eigenvalue weighted by Gasteiger charge is -2.46. The van der Waals surface area contributed by atoms with Crippen molar-refractivity contribution in [3.63, 3.8) is 0 Å². The van der Waals surface area contributed by atoms with Crippen molar-refractivity contribution in [3.8, 4) is 0 Å². The highest BCUT2D eigenvalue weighted by molar-refractivity contribution is 7.89. The van der Waals surface area contributed by atoms with Crippen LogP contribution in [0.15, 0.2) is 0 Å². The van der Waals surface area contributed by atoms with E-state index in [2.05, 4.69) is 0 Å². The molecule has 1 aliphatic heterocycles. The molecule has 2 unspecified atom stereocenters. The second kappa shape index (κ2) is 6.62. The summed E-state index contributed by atoms with van der Waals surface area (Å²) < 4.78 is 30.8. The molecule has 0 radical (unpaired) electrons. The van der Waals surface area contributed by atoms with Crippen molar-refractivity contribution >= 4 is 16.0 Å². The lowest BCUT2D eigenvalue weighted by Crippen LogP contribution is -2.55. The molecule has 7 heteroatoms. The van der Waals surface area contributed by atoms with Crippen molar-refractivity contribution in [2.45, 2.75) is 51.0 Å². The van der Waals surface area contributed by atoms with Gasteiger partial charge in [-0.05, 0) is 26.2 Å². The highest BCUT2D eigenvalue weighted by Crippen LogP contribution is 2.40. The maximum atomic E-state index is 12.3. The Hall–Kier alpha value is -0.660. The molecule has 2 aliphatic rings. The first kappa shape index (κ1) is 16.7. The fourth-order valence-electron chi connectivity index (χ4n) is 3.37. The van der Waals surface area contributed by atoms with Gasteiger partial charge >= 0.3 is 5.97 Å². The monoisotopic (exact) mass is 319 g/mol. The van der Waals surface area contributed by atoms with Crippen LogP contribution in [0.1, 0.15) is 45.4 Å². The van der Waals surface area contributed by atoms with Crippen LogP contribution in [0.4, 0.5) is 0 Å². The third-order valence-corrected chi connectivity index (χ3v) is 6.49. The molecule has 1 N–H and O–H groups in total. The zero-order valence-corrected chi connectivity index (χ0v) is 13.4. The van der Waals surface area contributed by atoms with E-state index in [1.165, 1.54) is 4.31 Å². The summed E-state index contributed by atoms with van der Waals surface area (Å²) in [6.45, 7) is 2.68. The van der Waals surface area contributed by atoms with Crippen LogP contribution >= 0.6 is 0 Å². The molecule has 21 heavy (non-hydrogen) atoms. The summed E-state index contributed by atoms with van der Waals surface area (Å²) in [4.78, 5) is 11.3. The van der Waals surface area contributed by atoms with Gasteiger partial charge in [-0.1, -0.05) is 12.8 Å². The summed E-state index contributed by atoms with van der Waals surface area (Å²) in [5, 5.41) is 10.6. The van der Waals surface area contributed by atoms with Crippen molar-refractivity contribution in [2.24, 2.45) is 5.92 Å². The van der Waals surface area contributed by atoms with Crippen molar-refractivity contribution in [1.29, 1.82) is 0 Å². The molecular formula is C14H25NO5S. The molecule has 0 amide bonds. The number of carbonyl (C=O) groups excluding carboxylic acids is 1. The topological polar surface area (TPSA) is 83.9 Å². The summed E-state index contributed by atoms with van der Waals surface area (Å²) in [6.07, 6.45) is 4.10. The number of esters is 1. The van der Waals surface area contributed by atoms with E-state index in [0.29, 0.717) is 19.5 Å². The van der Waals surface area contributed by atoms with Gasteiger partial charge in [0.05, 0.1) is 24.4 Å². The number of sulfonamides is 1. The number of hydrogen-bond donors (Lipinski definition) is 1. The third-order valence-electron chi connectivity index (χ3n) is 4.65. The Balaban J connectivity index is 1.94. The number of hydrogen-bond acceptors (Lipinski definition) is 5. The van der Waals surface area contributed by atoms with Crippen molar-refractivity contribution in [3.05, 3.63) is 0 Å². The van der Waals surface area contributed by atoms with Crippen molar-refractivity contribution < 1.29 is 23.1 Å². The minimum absolute atomic E-state index is 0.0253. The SMILES string of the molecule is CCOC(=O)CCS(=O)(=O)N1CCC2(O)CCCCC2C1. The predicted octanol–water partition coefficient (Wildman–Crippen LogP) is 0.896. The van der Waals surface area contributed by atoms with Gasteiger partial charge in [-0.15, -0.1) is 0 Å². The summed E-state index contributed by atoms with van der Waals surface area (Å²) in [6, 6.07) is 0. The molecule has 0 aromatic carbocycles. The van der Waals surface area contributed by atoms with E-state index in [-0.39, 0.29) is 24.7 Å². The van der Waals surface area contributed by atoms with Gasteiger partial charge in [-0.2, -0.15) is 0 Å². The zero-order chi connectivity index (χ0) is 15.5. The second-order valence-electron chi connectivity index (χ2n) is 6.03. The van der Waals surface area contributed by atoms with Crippen molar-refractivity contribution in [2.75, 3.05) is 25.4 Å². The lowest BCUT2D eigenvalue weighted by atomic mass is 9.72. The van der Waals surface area contributed by atoms with Crippen LogP contribution in [0.3, 0.4) is 0 Å². The van der Waals surface area contributed by atoms with Gasteiger partial charge in [0, 0.05) is 19.0 Å². The molecule has 1 heterocycles. The first-order valence-corrected chi connectivity index (χ1v) is 9.34. The number of ether oxygens (including phenoxy) is 1. The number of aliphatic hydroxyl groups is 1. The largest absolute Gasteiger partial charge is 0.466 e. The maximum absolute atomic E-state index is 12.3. The predicted molar refractivity (Wildman–Crippen MR) is 78.1 cm³/mol. The lowest BCUT2D eigenvalue weighted by molar-refractivity contribution is -0.142. The zero-order valence-electron chi connectivity index (χ0n) is 12.6. The summed E-state index contributed by atoms with van der Waals surface area (Å²) in [5.41, 5.74) is -0.689. The summed E-state index contributed by atoms with van der Waals surface area (Å²) in [5.74, 6) is -0.665. The van der Waals surface area contributed by atoms with E-state index < -0.39 is 21.6 Å². The molecule has 1 saturated heterocycles. The van der Waals surface area contributed by atoms with Crippen LogP contribution in [-0.2, 0) is 19.6 Å². The molecule has 2 rings (SSSR count). The Labute approximate surface area is 126 Å². The fraction of sp³-hybridized carbons (Fsp3) is 0.929. The highest BCUT2D eigenvalue weighted by atomic mass is 32.2. The molecule has 6 nitrogen and oxygen atoms in total. The molecule has 1 aliphatic carbocycles. The van der Waals surface area contributed by atoms with Gasteiger partial charge < -0.3 is 9.84 Å². The molecule has 2 fully saturated rings. The number of nitrogens with zero attached hydrogens (tertiary/aromatic N) is 1. The molecule has 0 bridgehead atoms. The Morgan fingerprint density at radius 2 is 2.14 bits per heavy atom. The normalized spacial score (nSPS) is 30.7. The quantitative estimate of drug-likeness (QED) is 0.761. The number of piperidine rings is 1. The van der Waals surface area contributed by atoms with Gasteiger partial charge in [0.2, 0.25) is 10.0 Å². The molecule has 0 spiro atoms. The van der Waals surface area contributed by atoms with Gasteiger partial charge in [0.15, 0.2) is 0 Å². The van der Waals surface area contributed by atoms with E-state index in [0.717, 1.165) is 25.7 Å². The number of fused-ring (bicyclic) bond motifs is 1. The van der Waals surface area contributed by atoms with Crippen LogP contribution in [-0.4, -0.2) is 54.8 Å². The van der Waals surface area contributed by atoms with Crippen LogP contribution < -0.4 is 0 Å². The van der Waals surface area contributed by atoms with E-state index in [1.807, 2.05) is 0 Å². The van der Waals surface area contributed by atoms with Gasteiger partial charge in [0.25, 0.3) is 0 Å². The van der Waals surface area contributed by atoms with Gasteiger partial charge in [-0.25, -0.2) is 12.7 Å². The van der Waals surface area contributed by atoms with E-state index >= 15 is 0 Å². The van der Waals surface area contributed by atoms with Crippen LogP contribution in [0, 0.1) is 5.92 Å². The fourth-order valence-corrected chi connectivity index (χ4v) is 4.83. The Bertz CT molecular complexity index is 478.